The van der Waals surface area contributed by atoms with Crippen LogP contribution in [-0.4, -0.2) is 13.6 Å². The fourth-order valence-corrected chi connectivity index (χ4v) is 5.17. The van der Waals surface area contributed by atoms with Gasteiger partial charge in [0.25, 0.3) is 0 Å². The Bertz CT molecular complexity index is 377. The number of hydrogen-bond acceptors (Lipinski definition) is 2. The van der Waals surface area contributed by atoms with Crippen molar-refractivity contribution in [2.75, 3.05) is 13.6 Å². The number of halogens is 1. The summed E-state index contributed by atoms with van der Waals surface area (Å²) in [5, 5.41) is 3.40. The van der Waals surface area contributed by atoms with Crippen molar-refractivity contribution in [2.24, 2.45) is 17.8 Å². The van der Waals surface area contributed by atoms with Crippen molar-refractivity contribution < 1.29 is 0 Å². The second kappa shape index (κ2) is 7.80. The molecule has 1 aromatic rings. The molecular formula is C16H26BrNS. The molecule has 0 aromatic carbocycles. The van der Waals surface area contributed by atoms with Gasteiger partial charge in [-0.05, 0) is 78.7 Å². The van der Waals surface area contributed by atoms with E-state index < -0.39 is 0 Å². The Morgan fingerprint density at radius 1 is 1.32 bits per heavy atom. The molecule has 3 atom stereocenters. The van der Waals surface area contributed by atoms with Crippen molar-refractivity contribution >= 4 is 27.3 Å². The minimum atomic E-state index is 0.874. The molecule has 2 rings (SSSR count). The first-order chi connectivity index (χ1) is 9.22. The average Bonchev–Trinajstić information content (AvgIpc) is 2.79. The molecule has 19 heavy (non-hydrogen) atoms. The Morgan fingerprint density at radius 3 is 2.79 bits per heavy atom. The smallest absolute Gasteiger partial charge is 0.0701 e. The zero-order valence-corrected chi connectivity index (χ0v) is 14.5. The van der Waals surface area contributed by atoms with Gasteiger partial charge in [0, 0.05) is 4.88 Å². The SMILES string of the molecule is CCCC1CCC(CNC)C(Cc2ccc(Br)s2)C1. The molecule has 108 valence electrons. The van der Waals surface area contributed by atoms with Crippen LogP contribution in [0.3, 0.4) is 0 Å². The van der Waals surface area contributed by atoms with Gasteiger partial charge in [-0.1, -0.05) is 26.2 Å². The maximum Gasteiger partial charge on any atom is 0.0701 e. The van der Waals surface area contributed by atoms with Crippen molar-refractivity contribution in [3.63, 3.8) is 0 Å². The molecule has 3 heteroatoms. The maximum atomic E-state index is 3.59. The summed E-state index contributed by atoms with van der Waals surface area (Å²) in [6, 6.07) is 4.49. The molecule has 1 heterocycles. The molecule has 0 bridgehead atoms. The summed E-state index contributed by atoms with van der Waals surface area (Å²) in [5.74, 6) is 2.73. The van der Waals surface area contributed by atoms with Gasteiger partial charge in [-0.3, -0.25) is 0 Å². The monoisotopic (exact) mass is 343 g/mol. The van der Waals surface area contributed by atoms with Crippen LogP contribution in [0.4, 0.5) is 0 Å². The van der Waals surface area contributed by atoms with E-state index in [0.29, 0.717) is 0 Å². The van der Waals surface area contributed by atoms with Crippen molar-refractivity contribution in [2.45, 2.75) is 45.4 Å². The van der Waals surface area contributed by atoms with Crippen LogP contribution >= 0.6 is 27.3 Å². The Labute approximate surface area is 130 Å². The molecule has 1 nitrogen and oxygen atoms in total. The van der Waals surface area contributed by atoms with Gasteiger partial charge in [0.1, 0.15) is 0 Å². The first-order valence-corrected chi connectivity index (χ1v) is 9.22. The topological polar surface area (TPSA) is 12.0 Å². The molecule has 0 radical (unpaired) electrons. The normalized spacial score (nSPS) is 27.6. The van der Waals surface area contributed by atoms with Gasteiger partial charge in [0.05, 0.1) is 3.79 Å². The third-order valence-corrected chi connectivity index (χ3v) is 6.15. The van der Waals surface area contributed by atoms with Crippen LogP contribution in [0.1, 0.15) is 43.9 Å². The summed E-state index contributed by atoms with van der Waals surface area (Å²) < 4.78 is 1.27. The average molecular weight is 344 g/mol. The maximum absolute atomic E-state index is 3.59. The molecule has 1 aromatic heterocycles. The second-order valence-electron chi connectivity index (χ2n) is 5.96. The third-order valence-electron chi connectivity index (χ3n) is 4.50. The first kappa shape index (κ1) is 15.5. The predicted octanol–water partition coefficient (Wildman–Crippen LogP) is 5.11. The fourth-order valence-electron chi connectivity index (χ4n) is 3.60. The Morgan fingerprint density at radius 2 is 2.16 bits per heavy atom. The van der Waals surface area contributed by atoms with Gasteiger partial charge in [0.2, 0.25) is 0 Å². The number of rotatable bonds is 6. The Hall–Kier alpha value is 0.140. The van der Waals surface area contributed by atoms with Crippen LogP contribution in [0.15, 0.2) is 15.9 Å². The lowest BCUT2D eigenvalue weighted by Crippen LogP contribution is -2.32. The zero-order valence-electron chi connectivity index (χ0n) is 12.1. The van der Waals surface area contributed by atoms with E-state index in [2.05, 4.69) is 47.4 Å². The van der Waals surface area contributed by atoms with Crippen molar-refractivity contribution in [1.82, 2.24) is 5.32 Å². The van der Waals surface area contributed by atoms with Gasteiger partial charge in [-0.15, -0.1) is 11.3 Å². The van der Waals surface area contributed by atoms with Gasteiger partial charge < -0.3 is 5.32 Å². The van der Waals surface area contributed by atoms with E-state index in [9.17, 15) is 0 Å². The number of hydrogen-bond donors (Lipinski definition) is 1. The van der Waals surface area contributed by atoms with Crippen molar-refractivity contribution in [3.05, 3.63) is 20.8 Å². The molecule has 1 aliphatic carbocycles. The van der Waals surface area contributed by atoms with E-state index in [1.165, 1.54) is 48.9 Å². The first-order valence-electron chi connectivity index (χ1n) is 7.61. The molecular weight excluding hydrogens is 318 g/mol. The molecule has 0 spiro atoms. The van der Waals surface area contributed by atoms with Gasteiger partial charge >= 0.3 is 0 Å². The van der Waals surface area contributed by atoms with Crippen molar-refractivity contribution in [3.8, 4) is 0 Å². The summed E-state index contributed by atoms with van der Waals surface area (Å²) in [4.78, 5) is 1.55. The van der Waals surface area contributed by atoms with Crippen LogP contribution in [-0.2, 0) is 6.42 Å². The van der Waals surface area contributed by atoms with E-state index in [1.54, 1.807) is 4.88 Å². The van der Waals surface area contributed by atoms with E-state index in [-0.39, 0.29) is 0 Å². The fraction of sp³-hybridized carbons (Fsp3) is 0.750. The molecule has 0 aliphatic heterocycles. The summed E-state index contributed by atoms with van der Waals surface area (Å²) in [5.41, 5.74) is 0. The summed E-state index contributed by atoms with van der Waals surface area (Å²) in [7, 11) is 2.09. The number of thiophene rings is 1. The minimum Gasteiger partial charge on any atom is -0.319 e. The third kappa shape index (κ3) is 4.57. The van der Waals surface area contributed by atoms with Crippen molar-refractivity contribution in [1.29, 1.82) is 0 Å². The lowest BCUT2D eigenvalue weighted by atomic mass is 9.71. The second-order valence-corrected chi connectivity index (χ2v) is 8.50. The lowest BCUT2D eigenvalue weighted by molar-refractivity contribution is 0.170. The summed E-state index contributed by atoms with van der Waals surface area (Å²) >= 11 is 5.50. The van der Waals surface area contributed by atoms with Gasteiger partial charge in [-0.25, -0.2) is 0 Å². The minimum absolute atomic E-state index is 0.874. The highest BCUT2D eigenvalue weighted by Crippen LogP contribution is 2.39. The highest BCUT2D eigenvalue weighted by atomic mass is 79.9. The van der Waals surface area contributed by atoms with E-state index in [0.717, 1.165) is 17.8 Å². The highest BCUT2D eigenvalue weighted by molar-refractivity contribution is 9.11. The van der Waals surface area contributed by atoms with Crippen LogP contribution in [0.5, 0.6) is 0 Å². The lowest BCUT2D eigenvalue weighted by Gasteiger charge is -2.36. The Balaban J connectivity index is 1.98. The van der Waals surface area contributed by atoms with Crippen LogP contribution in [0.25, 0.3) is 0 Å². The molecule has 1 aliphatic rings. The summed E-state index contributed by atoms with van der Waals surface area (Å²) in [6.07, 6.45) is 8.36. The molecule has 1 saturated carbocycles. The van der Waals surface area contributed by atoms with Gasteiger partial charge in [0.15, 0.2) is 0 Å². The summed E-state index contributed by atoms with van der Waals surface area (Å²) in [6.45, 7) is 3.52. The molecule has 1 N–H and O–H groups in total. The molecule has 3 unspecified atom stereocenters. The Kier molecular flexibility index (Phi) is 6.37. The molecule has 0 saturated heterocycles. The predicted molar refractivity (Wildman–Crippen MR) is 88.9 cm³/mol. The molecule has 0 amide bonds. The van der Waals surface area contributed by atoms with Gasteiger partial charge in [-0.2, -0.15) is 0 Å². The van der Waals surface area contributed by atoms with E-state index in [1.807, 2.05) is 11.3 Å². The van der Waals surface area contributed by atoms with Crippen LogP contribution in [0.2, 0.25) is 0 Å². The van der Waals surface area contributed by atoms with Crippen LogP contribution in [0, 0.1) is 17.8 Å². The van der Waals surface area contributed by atoms with E-state index in [4.69, 9.17) is 0 Å². The largest absolute Gasteiger partial charge is 0.319 e. The highest BCUT2D eigenvalue weighted by Gasteiger charge is 2.29. The standard InChI is InChI=1S/C16H26BrNS/c1-3-4-12-5-6-13(11-18-2)14(9-12)10-15-7-8-16(17)19-15/h7-8,12-14,18H,3-6,9-11H2,1-2H3. The zero-order chi connectivity index (χ0) is 13.7. The molecule has 1 fully saturated rings. The van der Waals surface area contributed by atoms with Crippen LogP contribution < -0.4 is 5.32 Å². The van der Waals surface area contributed by atoms with E-state index >= 15 is 0 Å². The quantitative estimate of drug-likeness (QED) is 0.757. The number of nitrogens with one attached hydrogen (secondary N) is 1.